The lowest BCUT2D eigenvalue weighted by Crippen LogP contribution is -2.42. The number of unbranched alkanes of at least 4 members (excludes halogenated alkanes) is 1. The van der Waals surface area contributed by atoms with E-state index in [9.17, 15) is 14.4 Å². The van der Waals surface area contributed by atoms with Crippen LogP contribution in [0.2, 0.25) is 0 Å². The highest BCUT2D eigenvalue weighted by atomic mass is 32.2. The van der Waals surface area contributed by atoms with Crippen LogP contribution in [-0.2, 0) is 11.3 Å². The van der Waals surface area contributed by atoms with Gasteiger partial charge in [0, 0.05) is 24.0 Å². The molecule has 0 saturated carbocycles. The highest BCUT2D eigenvalue weighted by Gasteiger charge is 2.24. The lowest BCUT2D eigenvalue weighted by Gasteiger charge is -2.24. The van der Waals surface area contributed by atoms with Gasteiger partial charge in [-0.15, -0.1) is 11.3 Å². The molecule has 0 fully saturated rings. The minimum atomic E-state index is -0.644. The summed E-state index contributed by atoms with van der Waals surface area (Å²) in [6.45, 7) is 4.62. The monoisotopic (exact) mass is 473 g/mol. The largest absolute Gasteiger partial charge is 0.383 e. The number of carbonyl (C=O) groups is 1. The van der Waals surface area contributed by atoms with Crippen molar-refractivity contribution < 1.29 is 4.79 Å². The van der Waals surface area contributed by atoms with Gasteiger partial charge in [-0.2, -0.15) is 0 Å². The van der Waals surface area contributed by atoms with E-state index < -0.39 is 11.2 Å². The summed E-state index contributed by atoms with van der Waals surface area (Å²) in [6, 6.07) is 9.84. The maximum absolute atomic E-state index is 13.1. The molecule has 3 aromatic rings. The normalized spacial score (nSPS) is 10.9. The molecule has 10 heteroatoms. The van der Waals surface area contributed by atoms with Crippen molar-refractivity contribution in [3.8, 4) is 11.3 Å². The maximum Gasteiger partial charge on any atom is 0.330 e. The molecular weight excluding hydrogens is 446 g/mol. The van der Waals surface area contributed by atoms with Crippen LogP contribution >= 0.6 is 23.1 Å². The second-order valence-electron chi connectivity index (χ2n) is 7.20. The van der Waals surface area contributed by atoms with Crippen LogP contribution in [0.3, 0.4) is 0 Å². The van der Waals surface area contributed by atoms with Crippen molar-refractivity contribution >= 4 is 40.5 Å². The summed E-state index contributed by atoms with van der Waals surface area (Å²) < 4.78 is 2.08. The van der Waals surface area contributed by atoms with Crippen LogP contribution in [0.1, 0.15) is 33.1 Å². The number of hydrogen-bond acceptors (Lipinski definition) is 7. The average Bonchev–Trinajstić information content (AvgIpc) is 3.27. The first kappa shape index (κ1) is 23.8. The van der Waals surface area contributed by atoms with Gasteiger partial charge in [-0.1, -0.05) is 62.4 Å². The summed E-state index contributed by atoms with van der Waals surface area (Å²) in [5, 5.41) is 1.96. The van der Waals surface area contributed by atoms with Crippen LogP contribution in [0.15, 0.2) is 49.6 Å². The number of H-pyrrole nitrogens is 1. The molecule has 170 valence electrons. The molecule has 3 N–H and O–H groups in total. The number of rotatable bonds is 10. The van der Waals surface area contributed by atoms with Gasteiger partial charge in [0.2, 0.25) is 5.91 Å². The van der Waals surface area contributed by atoms with Crippen LogP contribution < -0.4 is 21.9 Å². The number of thioether (sulfide) groups is 1. The fraction of sp³-hybridized carbons (Fsp3) is 0.364. The molecule has 0 saturated heterocycles. The number of nitrogens with two attached hydrogens (primary N) is 1. The second-order valence-corrected chi connectivity index (χ2v) is 9.28. The van der Waals surface area contributed by atoms with Gasteiger partial charge in [-0.3, -0.25) is 19.1 Å². The minimum absolute atomic E-state index is 0.0238. The third-order valence-electron chi connectivity index (χ3n) is 4.84. The summed E-state index contributed by atoms with van der Waals surface area (Å²) in [5.74, 6) is -0.119. The van der Waals surface area contributed by atoms with Crippen molar-refractivity contribution in [2.75, 3.05) is 22.9 Å². The van der Waals surface area contributed by atoms with E-state index in [1.54, 1.807) is 0 Å². The molecule has 1 amide bonds. The minimum Gasteiger partial charge on any atom is -0.383 e. The van der Waals surface area contributed by atoms with E-state index in [4.69, 9.17) is 5.73 Å². The molecule has 8 nitrogen and oxygen atoms in total. The Labute approximate surface area is 194 Å². The maximum atomic E-state index is 13.1. The van der Waals surface area contributed by atoms with Crippen molar-refractivity contribution in [3.63, 3.8) is 0 Å². The third kappa shape index (κ3) is 5.49. The molecule has 0 unspecified atom stereocenters. The number of nitrogens with zero attached hydrogens (tertiary/aromatic N) is 3. The summed E-state index contributed by atoms with van der Waals surface area (Å²) in [7, 11) is 0. The highest BCUT2D eigenvalue weighted by molar-refractivity contribution is 8.01. The molecule has 3 rings (SSSR count). The van der Waals surface area contributed by atoms with Crippen molar-refractivity contribution in [3.05, 3.63) is 56.5 Å². The van der Waals surface area contributed by atoms with E-state index >= 15 is 0 Å². The zero-order valence-electron chi connectivity index (χ0n) is 18.2. The molecule has 0 aliphatic carbocycles. The number of benzene rings is 1. The van der Waals surface area contributed by atoms with Gasteiger partial charge >= 0.3 is 5.69 Å². The lowest BCUT2D eigenvalue weighted by atomic mass is 10.2. The quantitative estimate of drug-likeness (QED) is 0.435. The Kier molecular flexibility index (Phi) is 8.29. The average molecular weight is 474 g/mol. The molecule has 2 aromatic heterocycles. The lowest BCUT2D eigenvalue weighted by molar-refractivity contribution is -0.116. The first-order chi connectivity index (χ1) is 15.5. The summed E-state index contributed by atoms with van der Waals surface area (Å²) in [6.07, 6.45) is 2.22. The summed E-state index contributed by atoms with van der Waals surface area (Å²) in [5.41, 5.74) is 6.90. The number of nitrogen functional groups attached to an aromatic ring is 1. The molecule has 0 bridgehead atoms. The second kappa shape index (κ2) is 11.1. The third-order valence-corrected chi connectivity index (χ3v) is 6.85. The van der Waals surface area contributed by atoms with Gasteiger partial charge in [0.05, 0.1) is 11.4 Å². The van der Waals surface area contributed by atoms with Crippen molar-refractivity contribution in [1.82, 2.24) is 14.5 Å². The van der Waals surface area contributed by atoms with Crippen LogP contribution in [0.4, 0.5) is 11.5 Å². The molecule has 0 radical (unpaired) electrons. The number of thiazole rings is 1. The number of amides is 1. The molecule has 32 heavy (non-hydrogen) atoms. The Morgan fingerprint density at radius 3 is 2.66 bits per heavy atom. The molecule has 1 aromatic carbocycles. The van der Waals surface area contributed by atoms with E-state index in [0.717, 1.165) is 22.0 Å². The first-order valence-corrected chi connectivity index (χ1v) is 12.4. The Bertz CT molecular complexity index is 1170. The summed E-state index contributed by atoms with van der Waals surface area (Å²) in [4.78, 5) is 46.2. The number of anilines is 2. The van der Waals surface area contributed by atoms with Crippen molar-refractivity contribution in [2.24, 2.45) is 0 Å². The fourth-order valence-electron chi connectivity index (χ4n) is 3.23. The van der Waals surface area contributed by atoms with E-state index in [1.807, 2.05) is 49.6 Å². The van der Waals surface area contributed by atoms with Crippen LogP contribution in [0, 0.1) is 0 Å². The van der Waals surface area contributed by atoms with Gasteiger partial charge in [-0.25, -0.2) is 9.78 Å². The van der Waals surface area contributed by atoms with Gasteiger partial charge in [0.15, 0.2) is 10.0 Å². The van der Waals surface area contributed by atoms with Crippen molar-refractivity contribution in [1.29, 1.82) is 0 Å². The molecule has 0 spiro atoms. The van der Waals surface area contributed by atoms with E-state index in [0.29, 0.717) is 25.9 Å². The van der Waals surface area contributed by atoms with Crippen LogP contribution in [-0.4, -0.2) is 32.7 Å². The predicted octanol–water partition coefficient (Wildman–Crippen LogP) is 3.58. The Morgan fingerprint density at radius 2 is 1.97 bits per heavy atom. The van der Waals surface area contributed by atoms with Gasteiger partial charge in [0.1, 0.15) is 5.82 Å². The predicted molar refractivity (Wildman–Crippen MR) is 132 cm³/mol. The Hall–Kier alpha value is -2.85. The SMILES string of the molecule is CCCCN(C(=O)CSc1nc(-c2ccccc2)cs1)c1c(N)n(CCC)c(=O)[nH]c1=O. The summed E-state index contributed by atoms with van der Waals surface area (Å²) >= 11 is 2.80. The number of carbonyl (C=O) groups excluding carboxylic acids is 1. The topological polar surface area (TPSA) is 114 Å². The van der Waals surface area contributed by atoms with E-state index in [1.165, 1.54) is 32.6 Å². The van der Waals surface area contributed by atoms with Crippen LogP contribution in [0.5, 0.6) is 0 Å². The van der Waals surface area contributed by atoms with Crippen LogP contribution in [0.25, 0.3) is 11.3 Å². The van der Waals surface area contributed by atoms with Gasteiger partial charge in [-0.05, 0) is 12.8 Å². The first-order valence-electron chi connectivity index (χ1n) is 10.5. The molecular formula is C22H27N5O3S2. The molecule has 2 heterocycles. The number of hydrogen-bond donors (Lipinski definition) is 2. The Morgan fingerprint density at radius 1 is 1.22 bits per heavy atom. The zero-order valence-corrected chi connectivity index (χ0v) is 19.8. The standard InChI is InChI=1S/C22H27N5O3S2/c1-3-5-12-26(18-19(23)27(11-4-2)21(30)25-20(18)29)17(28)14-32-22-24-16(13-31-22)15-9-7-6-8-10-15/h6-10,13H,3-5,11-12,14,23H2,1-2H3,(H,25,29,30). The smallest absolute Gasteiger partial charge is 0.330 e. The number of aromatic nitrogens is 3. The van der Waals surface area contributed by atoms with Crippen molar-refractivity contribution in [2.45, 2.75) is 44.0 Å². The van der Waals surface area contributed by atoms with E-state index in [-0.39, 0.29) is 23.2 Å². The van der Waals surface area contributed by atoms with Gasteiger partial charge < -0.3 is 10.6 Å². The van der Waals surface area contributed by atoms with E-state index in [2.05, 4.69) is 9.97 Å². The number of aromatic amines is 1. The zero-order chi connectivity index (χ0) is 23.1. The number of nitrogens with one attached hydrogen (secondary N) is 1. The molecule has 0 atom stereocenters. The van der Waals surface area contributed by atoms with Gasteiger partial charge in [0.25, 0.3) is 5.56 Å². The molecule has 0 aliphatic rings. The fourth-order valence-corrected chi connectivity index (χ4v) is 4.94. The Balaban J connectivity index is 1.82. The highest BCUT2D eigenvalue weighted by Crippen LogP contribution is 2.29. The molecule has 0 aliphatic heterocycles.